The molecule has 38 heavy (non-hydrogen) atoms. The van der Waals surface area contributed by atoms with Crippen molar-refractivity contribution >= 4 is 23.4 Å². The Morgan fingerprint density at radius 1 is 1.13 bits per heavy atom. The minimum absolute atomic E-state index is 0.0194. The Bertz CT molecular complexity index is 1200. The summed E-state index contributed by atoms with van der Waals surface area (Å²) in [6.45, 7) is -0.622. The van der Waals surface area contributed by atoms with Gasteiger partial charge in [0.2, 0.25) is 11.8 Å². The lowest BCUT2D eigenvalue weighted by Gasteiger charge is -2.40. The molecule has 0 spiro atoms. The summed E-state index contributed by atoms with van der Waals surface area (Å²) in [5.74, 6) is -0.861. The molecule has 2 aromatic rings. The van der Waals surface area contributed by atoms with E-state index in [1.807, 2.05) is 0 Å². The Morgan fingerprint density at radius 3 is 2.50 bits per heavy atom. The van der Waals surface area contributed by atoms with Gasteiger partial charge in [-0.1, -0.05) is 23.7 Å². The number of amides is 2. The van der Waals surface area contributed by atoms with Crippen LogP contribution in [0.4, 0.5) is 0 Å². The first-order chi connectivity index (χ1) is 18.3. The number of rotatable bonds is 10. The maximum atomic E-state index is 13.3. The number of hydrogen-bond acceptors (Lipinski definition) is 8. The van der Waals surface area contributed by atoms with E-state index in [-0.39, 0.29) is 38.5 Å². The number of carbonyl (C=O) groups is 2. The van der Waals surface area contributed by atoms with Gasteiger partial charge in [-0.15, -0.1) is 0 Å². The third-order valence-electron chi connectivity index (χ3n) is 6.71. The summed E-state index contributed by atoms with van der Waals surface area (Å²) in [5.41, 5.74) is 2.16. The maximum absolute atomic E-state index is 13.3. The SMILES string of the molecule is COCC(=O)N(Cc1ccc(Cl)cc1)[C@@H]1C=C(C(=O)NCCO)[C@@H]2c3cc(CO)cc(OC)c3O[C@@H]2[C@H]1O. The molecule has 2 aliphatic rings. The van der Waals surface area contributed by atoms with E-state index >= 15 is 0 Å². The van der Waals surface area contributed by atoms with Gasteiger partial charge in [0.05, 0.1) is 32.3 Å². The third-order valence-corrected chi connectivity index (χ3v) is 6.96. The number of nitrogens with one attached hydrogen (secondary N) is 1. The van der Waals surface area contributed by atoms with Gasteiger partial charge in [-0.3, -0.25) is 9.59 Å². The average molecular weight is 547 g/mol. The molecule has 0 saturated carbocycles. The van der Waals surface area contributed by atoms with Gasteiger partial charge in [0, 0.05) is 36.4 Å². The average Bonchev–Trinajstić information content (AvgIpc) is 3.31. The van der Waals surface area contributed by atoms with Crippen molar-refractivity contribution in [1.82, 2.24) is 10.2 Å². The molecule has 10 nitrogen and oxygen atoms in total. The van der Waals surface area contributed by atoms with Crippen LogP contribution in [0, 0.1) is 0 Å². The standard InChI is InChI=1S/C27H31ClN2O8/c1-36-14-22(33)30(12-15-3-5-17(28)6-4-15)20-11-19(27(35)29-7-8-31)23-18-9-16(13-32)10-21(37-2)25(18)38-26(23)24(20)34/h3-6,9-11,20,23-24,26,31-32,34H,7-8,12-14H2,1-2H3,(H,29,35)/t20-,23+,24+,26+/m1/s1. The van der Waals surface area contributed by atoms with E-state index in [1.165, 1.54) is 19.1 Å². The number of carbonyl (C=O) groups excluding carboxylic acids is 2. The van der Waals surface area contributed by atoms with Gasteiger partial charge in [-0.25, -0.2) is 0 Å². The molecule has 4 rings (SSSR count). The molecule has 11 heteroatoms. The maximum Gasteiger partial charge on any atom is 0.249 e. The van der Waals surface area contributed by atoms with Crippen LogP contribution in [0.25, 0.3) is 0 Å². The van der Waals surface area contributed by atoms with E-state index in [0.717, 1.165) is 5.56 Å². The fourth-order valence-electron chi connectivity index (χ4n) is 4.97. The quantitative estimate of drug-likeness (QED) is 0.348. The highest BCUT2D eigenvalue weighted by Gasteiger charge is 2.51. The second kappa shape index (κ2) is 12.1. The van der Waals surface area contributed by atoms with Crippen molar-refractivity contribution in [3.8, 4) is 11.5 Å². The Labute approximate surface area is 225 Å². The third kappa shape index (κ3) is 5.50. The summed E-state index contributed by atoms with van der Waals surface area (Å²) >= 11 is 6.02. The Balaban J connectivity index is 1.81. The number of fused-ring (bicyclic) bond motifs is 3. The fourth-order valence-corrected chi connectivity index (χ4v) is 5.10. The van der Waals surface area contributed by atoms with E-state index in [2.05, 4.69) is 5.32 Å². The van der Waals surface area contributed by atoms with Crippen molar-refractivity contribution in [3.63, 3.8) is 0 Å². The largest absolute Gasteiger partial charge is 0.493 e. The minimum atomic E-state index is -1.22. The summed E-state index contributed by atoms with van der Waals surface area (Å²) in [4.78, 5) is 28.0. The predicted octanol–water partition coefficient (Wildman–Crippen LogP) is 1.14. The predicted molar refractivity (Wildman–Crippen MR) is 138 cm³/mol. The monoisotopic (exact) mass is 546 g/mol. The summed E-state index contributed by atoms with van der Waals surface area (Å²) in [5, 5.41) is 33.9. The molecule has 0 fully saturated rings. The summed E-state index contributed by atoms with van der Waals surface area (Å²) in [6, 6.07) is 9.35. The van der Waals surface area contributed by atoms with Gasteiger partial charge < -0.3 is 39.7 Å². The van der Waals surface area contributed by atoms with Crippen molar-refractivity contribution in [2.45, 2.75) is 37.3 Å². The molecule has 0 unspecified atom stereocenters. The summed E-state index contributed by atoms with van der Waals surface area (Å²) < 4.78 is 16.8. The van der Waals surface area contributed by atoms with Crippen LogP contribution in [0.3, 0.4) is 0 Å². The second-order valence-electron chi connectivity index (χ2n) is 9.10. The van der Waals surface area contributed by atoms with E-state index in [0.29, 0.717) is 27.6 Å². The molecule has 0 saturated heterocycles. The minimum Gasteiger partial charge on any atom is -0.493 e. The molecule has 0 radical (unpaired) electrons. The molecular formula is C27H31ClN2O8. The first-order valence-electron chi connectivity index (χ1n) is 12.1. The first-order valence-corrected chi connectivity index (χ1v) is 12.5. The molecule has 1 aliphatic heterocycles. The zero-order valence-corrected chi connectivity index (χ0v) is 21.9. The van der Waals surface area contributed by atoms with Crippen molar-refractivity contribution in [1.29, 1.82) is 0 Å². The van der Waals surface area contributed by atoms with Crippen molar-refractivity contribution in [2.75, 3.05) is 34.0 Å². The van der Waals surface area contributed by atoms with Crippen LogP contribution in [0.1, 0.15) is 22.6 Å². The van der Waals surface area contributed by atoms with Gasteiger partial charge >= 0.3 is 0 Å². The van der Waals surface area contributed by atoms with E-state index in [9.17, 15) is 24.9 Å². The molecule has 204 valence electrons. The highest BCUT2D eigenvalue weighted by atomic mass is 35.5. The van der Waals surface area contributed by atoms with Gasteiger partial charge in [0.25, 0.3) is 0 Å². The first kappa shape index (κ1) is 27.9. The number of halogens is 1. The van der Waals surface area contributed by atoms with E-state index in [4.69, 9.17) is 25.8 Å². The molecular weight excluding hydrogens is 516 g/mol. The number of aliphatic hydroxyl groups is 3. The van der Waals surface area contributed by atoms with Crippen LogP contribution in [0.15, 0.2) is 48.0 Å². The van der Waals surface area contributed by atoms with Gasteiger partial charge in [0.1, 0.15) is 18.8 Å². The van der Waals surface area contributed by atoms with E-state index < -0.39 is 36.0 Å². The number of aliphatic hydroxyl groups excluding tert-OH is 3. The number of ether oxygens (including phenoxy) is 3. The van der Waals surface area contributed by atoms with Crippen LogP contribution in [-0.2, 0) is 27.5 Å². The van der Waals surface area contributed by atoms with Crippen molar-refractivity contribution < 1.29 is 39.1 Å². The lowest BCUT2D eigenvalue weighted by Crippen LogP contribution is -2.56. The van der Waals surface area contributed by atoms with E-state index in [1.54, 1.807) is 42.5 Å². The number of hydrogen-bond donors (Lipinski definition) is 4. The topological polar surface area (TPSA) is 138 Å². The highest BCUT2D eigenvalue weighted by Crippen LogP contribution is 2.51. The lowest BCUT2D eigenvalue weighted by atomic mass is 9.77. The number of methoxy groups -OCH3 is 2. The smallest absolute Gasteiger partial charge is 0.249 e. The zero-order chi connectivity index (χ0) is 27.4. The Hall–Kier alpha value is -3.15. The van der Waals surface area contributed by atoms with Gasteiger partial charge in [-0.05, 0) is 41.5 Å². The summed E-state index contributed by atoms with van der Waals surface area (Å²) in [6.07, 6.45) is -0.587. The molecule has 1 heterocycles. The fraction of sp³-hybridized carbons (Fsp3) is 0.407. The van der Waals surface area contributed by atoms with Gasteiger partial charge in [-0.2, -0.15) is 0 Å². The normalized spacial score (nSPS) is 21.6. The molecule has 4 atom stereocenters. The highest BCUT2D eigenvalue weighted by molar-refractivity contribution is 6.30. The Kier molecular flexibility index (Phi) is 8.91. The zero-order valence-electron chi connectivity index (χ0n) is 21.1. The molecule has 2 amide bonds. The second-order valence-corrected chi connectivity index (χ2v) is 9.53. The molecule has 1 aliphatic carbocycles. The van der Waals surface area contributed by atoms with Crippen LogP contribution in [-0.4, -0.2) is 84.3 Å². The number of benzene rings is 2. The summed E-state index contributed by atoms with van der Waals surface area (Å²) in [7, 11) is 2.86. The lowest BCUT2D eigenvalue weighted by molar-refractivity contribution is -0.141. The molecule has 0 aromatic heterocycles. The van der Waals surface area contributed by atoms with Crippen LogP contribution < -0.4 is 14.8 Å². The van der Waals surface area contributed by atoms with Crippen LogP contribution in [0.2, 0.25) is 5.02 Å². The van der Waals surface area contributed by atoms with Crippen LogP contribution in [0.5, 0.6) is 11.5 Å². The number of nitrogens with zero attached hydrogens (tertiary/aromatic N) is 1. The van der Waals surface area contributed by atoms with Crippen LogP contribution >= 0.6 is 11.6 Å². The molecule has 0 bridgehead atoms. The van der Waals surface area contributed by atoms with Crippen molar-refractivity contribution in [2.24, 2.45) is 0 Å². The van der Waals surface area contributed by atoms with Gasteiger partial charge in [0.15, 0.2) is 11.5 Å². The van der Waals surface area contributed by atoms with Crippen molar-refractivity contribution in [3.05, 3.63) is 69.8 Å². The molecule has 2 aromatic carbocycles. The molecule has 4 N–H and O–H groups in total. The Morgan fingerprint density at radius 2 is 1.87 bits per heavy atom.